The first-order chi connectivity index (χ1) is 40.5. The fourth-order valence-corrected chi connectivity index (χ4v) is 11.6. The predicted octanol–water partition coefficient (Wildman–Crippen LogP) is 25.7. The maximum atomic E-state index is 12.9. The normalized spacial score (nSPS) is 12.1. The first-order valence-corrected chi connectivity index (χ1v) is 37.3. The highest BCUT2D eigenvalue weighted by molar-refractivity contribution is 5.71. The maximum absolute atomic E-state index is 12.9. The van der Waals surface area contributed by atoms with Gasteiger partial charge in [-0.2, -0.15) is 0 Å². The summed E-state index contributed by atoms with van der Waals surface area (Å²) < 4.78 is 17.0. The molecule has 0 saturated carbocycles. The summed E-state index contributed by atoms with van der Waals surface area (Å²) in [4.78, 5) is 38.4. The van der Waals surface area contributed by atoms with E-state index in [1.165, 1.54) is 315 Å². The minimum atomic E-state index is -0.773. The Morgan fingerprint density at radius 2 is 0.439 bits per heavy atom. The van der Waals surface area contributed by atoms with Crippen LogP contribution in [0, 0.1) is 0 Å². The third-order valence-electron chi connectivity index (χ3n) is 17.2. The second-order valence-corrected chi connectivity index (χ2v) is 25.6. The highest BCUT2D eigenvalue weighted by atomic mass is 16.6. The summed E-state index contributed by atoms with van der Waals surface area (Å²) in [5, 5.41) is 0. The van der Waals surface area contributed by atoms with E-state index in [1.54, 1.807) is 0 Å². The van der Waals surface area contributed by atoms with Crippen molar-refractivity contribution >= 4 is 17.9 Å². The van der Waals surface area contributed by atoms with Gasteiger partial charge in [0.15, 0.2) is 6.10 Å². The average Bonchev–Trinajstić information content (AvgIpc) is 3.48. The molecule has 0 bridgehead atoms. The number of allylic oxidation sites excluding steroid dienone is 4. The SMILES string of the molecule is CCCCCC/C=C\C/C=C\CCCCCCCCCC(=O)OC(COC(=O)CCCCCCCCCCCCCCCC)COC(=O)CCCCCCCCCCCCCCCCCCCCCCCCCCCCCCCCCC. The molecule has 0 aromatic rings. The molecule has 0 aliphatic rings. The van der Waals surface area contributed by atoms with Crippen LogP contribution in [0.1, 0.15) is 425 Å². The van der Waals surface area contributed by atoms with Crippen LogP contribution in [0.15, 0.2) is 24.3 Å². The highest BCUT2D eigenvalue weighted by Crippen LogP contribution is 2.19. The van der Waals surface area contributed by atoms with Crippen molar-refractivity contribution < 1.29 is 28.6 Å². The zero-order valence-corrected chi connectivity index (χ0v) is 55.8. The fraction of sp³-hybridized carbons (Fsp3) is 0.908. The first-order valence-electron chi connectivity index (χ1n) is 37.3. The van der Waals surface area contributed by atoms with E-state index in [2.05, 4.69) is 45.1 Å². The molecule has 6 heteroatoms. The van der Waals surface area contributed by atoms with Crippen LogP contribution in [0.25, 0.3) is 0 Å². The summed E-state index contributed by atoms with van der Waals surface area (Å²) >= 11 is 0. The Morgan fingerprint density at radius 1 is 0.244 bits per heavy atom. The standard InChI is InChI=1S/C76H144O6/c1-4-7-10-13-16-19-22-25-28-30-32-33-34-35-36-37-38-39-40-41-42-43-44-45-47-48-51-54-57-60-63-66-69-75(78)81-72-73(71-80-74(77)68-65-62-59-56-53-50-27-24-21-18-15-12-9-6-3)82-76(79)70-67-64-61-58-55-52-49-46-31-29-26-23-20-17-14-11-8-5-2/h20,23,29,31,73H,4-19,21-22,24-28,30,32-72H2,1-3H3/b23-20-,31-29-. The van der Waals surface area contributed by atoms with E-state index < -0.39 is 6.10 Å². The molecule has 0 fully saturated rings. The van der Waals surface area contributed by atoms with E-state index in [-0.39, 0.29) is 31.1 Å². The molecule has 0 radical (unpaired) electrons. The summed E-state index contributed by atoms with van der Waals surface area (Å²) in [7, 11) is 0. The third kappa shape index (κ3) is 68.7. The topological polar surface area (TPSA) is 78.9 Å². The van der Waals surface area contributed by atoms with Crippen molar-refractivity contribution in [3.8, 4) is 0 Å². The van der Waals surface area contributed by atoms with Gasteiger partial charge in [-0.25, -0.2) is 0 Å². The van der Waals surface area contributed by atoms with Gasteiger partial charge in [-0.3, -0.25) is 14.4 Å². The van der Waals surface area contributed by atoms with Crippen molar-refractivity contribution in [3.63, 3.8) is 0 Å². The van der Waals surface area contributed by atoms with Crippen molar-refractivity contribution in [2.45, 2.75) is 431 Å². The Labute approximate surface area is 513 Å². The van der Waals surface area contributed by atoms with Crippen molar-refractivity contribution in [2.24, 2.45) is 0 Å². The molecular formula is C76H144O6. The van der Waals surface area contributed by atoms with Crippen molar-refractivity contribution in [1.82, 2.24) is 0 Å². The monoisotopic (exact) mass is 1150 g/mol. The smallest absolute Gasteiger partial charge is 0.306 e. The van der Waals surface area contributed by atoms with Crippen molar-refractivity contribution in [1.29, 1.82) is 0 Å². The Morgan fingerprint density at radius 3 is 0.683 bits per heavy atom. The lowest BCUT2D eigenvalue weighted by molar-refractivity contribution is -0.167. The molecule has 0 heterocycles. The molecular weight excluding hydrogens is 1010 g/mol. The maximum Gasteiger partial charge on any atom is 0.306 e. The summed E-state index contributed by atoms with van der Waals surface area (Å²) in [6, 6.07) is 0. The average molecular weight is 1150 g/mol. The zero-order chi connectivity index (χ0) is 59.2. The van der Waals surface area contributed by atoms with Gasteiger partial charge >= 0.3 is 17.9 Å². The number of carbonyl (C=O) groups excluding carboxylic acids is 3. The van der Waals surface area contributed by atoms with E-state index in [0.717, 1.165) is 70.6 Å². The molecule has 6 nitrogen and oxygen atoms in total. The molecule has 0 aromatic heterocycles. The fourth-order valence-electron chi connectivity index (χ4n) is 11.6. The number of hydrogen-bond donors (Lipinski definition) is 0. The van der Waals surface area contributed by atoms with Crippen molar-refractivity contribution in [3.05, 3.63) is 24.3 Å². The van der Waals surface area contributed by atoms with Gasteiger partial charge in [0.25, 0.3) is 0 Å². The molecule has 0 rings (SSSR count). The van der Waals surface area contributed by atoms with Crippen LogP contribution in [-0.2, 0) is 28.6 Å². The van der Waals surface area contributed by atoms with Gasteiger partial charge in [-0.05, 0) is 51.4 Å². The van der Waals surface area contributed by atoms with Crippen LogP contribution in [0.2, 0.25) is 0 Å². The van der Waals surface area contributed by atoms with Crippen LogP contribution < -0.4 is 0 Å². The number of carbonyl (C=O) groups is 3. The number of unbranched alkanes of at least 4 members (excludes halogenated alkanes) is 55. The second kappa shape index (κ2) is 71.4. The lowest BCUT2D eigenvalue weighted by atomic mass is 10.0. The minimum absolute atomic E-state index is 0.0681. The van der Waals surface area contributed by atoms with Gasteiger partial charge in [0.1, 0.15) is 13.2 Å². The highest BCUT2D eigenvalue weighted by Gasteiger charge is 2.20. The minimum Gasteiger partial charge on any atom is -0.462 e. The second-order valence-electron chi connectivity index (χ2n) is 25.6. The summed E-state index contributed by atoms with van der Waals surface area (Å²) in [6.07, 6.45) is 88.0. The molecule has 0 aliphatic heterocycles. The van der Waals surface area contributed by atoms with E-state index in [4.69, 9.17) is 14.2 Å². The van der Waals surface area contributed by atoms with Crippen molar-refractivity contribution in [2.75, 3.05) is 13.2 Å². The van der Waals surface area contributed by atoms with Gasteiger partial charge in [-0.15, -0.1) is 0 Å². The zero-order valence-electron chi connectivity index (χ0n) is 55.8. The Bertz CT molecular complexity index is 1320. The van der Waals surface area contributed by atoms with Crippen LogP contribution in [0.5, 0.6) is 0 Å². The molecule has 0 N–H and O–H groups in total. The number of ether oxygens (including phenoxy) is 3. The van der Waals surface area contributed by atoms with Crippen LogP contribution >= 0.6 is 0 Å². The molecule has 1 unspecified atom stereocenters. The molecule has 0 amide bonds. The van der Waals surface area contributed by atoms with Gasteiger partial charge < -0.3 is 14.2 Å². The van der Waals surface area contributed by atoms with E-state index in [9.17, 15) is 14.4 Å². The molecule has 1 atom stereocenters. The van der Waals surface area contributed by atoms with E-state index >= 15 is 0 Å². The molecule has 0 saturated heterocycles. The summed E-state index contributed by atoms with van der Waals surface area (Å²) in [5.74, 6) is -0.843. The Hall–Kier alpha value is -2.11. The van der Waals surface area contributed by atoms with Gasteiger partial charge in [0, 0.05) is 19.3 Å². The predicted molar refractivity (Wildman–Crippen MR) is 358 cm³/mol. The lowest BCUT2D eigenvalue weighted by Gasteiger charge is -2.18. The molecule has 484 valence electrons. The lowest BCUT2D eigenvalue weighted by Crippen LogP contribution is -2.30. The first kappa shape index (κ1) is 79.9. The van der Waals surface area contributed by atoms with Gasteiger partial charge in [0.2, 0.25) is 0 Å². The van der Waals surface area contributed by atoms with Gasteiger partial charge in [-0.1, -0.05) is 379 Å². The Kier molecular flexibility index (Phi) is 69.5. The van der Waals surface area contributed by atoms with Crippen LogP contribution in [-0.4, -0.2) is 37.2 Å². The third-order valence-corrected chi connectivity index (χ3v) is 17.2. The number of hydrogen-bond acceptors (Lipinski definition) is 6. The molecule has 0 aromatic carbocycles. The summed E-state index contributed by atoms with van der Waals surface area (Å²) in [5.41, 5.74) is 0. The number of rotatable bonds is 70. The molecule has 0 aliphatic carbocycles. The van der Waals surface area contributed by atoms with E-state index in [1.807, 2.05) is 0 Å². The number of esters is 3. The molecule has 0 spiro atoms. The largest absolute Gasteiger partial charge is 0.462 e. The quantitative estimate of drug-likeness (QED) is 0.0261. The summed E-state index contributed by atoms with van der Waals surface area (Å²) in [6.45, 7) is 6.70. The van der Waals surface area contributed by atoms with Crippen LogP contribution in [0.3, 0.4) is 0 Å². The Balaban J connectivity index is 4.13. The van der Waals surface area contributed by atoms with Crippen LogP contribution in [0.4, 0.5) is 0 Å². The molecule has 82 heavy (non-hydrogen) atoms. The van der Waals surface area contributed by atoms with E-state index in [0.29, 0.717) is 19.3 Å². The van der Waals surface area contributed by atoms with Gasteiger partial charge in [0.05, 0.1) is 0 Å².